The molecule has 1 N–H and O–H groups in total. The highest BCUT2D eigenvalue weighted by Crippen LogP contribution is 2.33. The second kappa shape index (κ2) is 5.54. The average Bonchev–Trinajstić information content (AvgIpc) is 2.75. The smallest absolute Gasteiger partial charge is 0.145 e. The van der Waals surface area contributed by atoms with Gasteiger partial charge in [0.05, 0.1) is 19.9 Å². The van der Waals surface area contributed by atoms with Gasteiger partial charge in [-0.3, -0.25) is 0 Å². The predicted octanol–water partition coefficient (Wildman–Crippen LogP) is 2.87. The molecule has 0 aromatic heterocycles. The highest BCUT2D eigenvalue weighted by Gasteiger charge is 2.24. The molecular weight excluding hydrogens is 234 g/mol. The molecule has 1 aliphatic heterocycles. The Labute approximate surface area is 107 Å². The molecule has 2 unspecified atom stereocenters. The zero-order valence-electron chi connectivity index (χ0n) is 10.5. The van der Waals surface area contributed by atoms with Gasteiger partial charge in [-0.15, -0.1) is 0 Å². The fourth-order valence-corrected chi connectivity index (χ4v) is 3.37. The number of nitrogens with one attached hydrogen (secondary N) is 1. The monoisotopic (exact) mass is 253 g/mol. The molecular formula is C13H19NO2S. The van der Waals surface area contributed by atoms with E-state index in [4.69, 9.17) is 9.47 Å². The minimum atomic E-state index is 0.530. The summed E-state index contributed by atoms with van der Waals surface area (Å²) in [6.07, 6.45) is 0. The Kier molecular flexibility index (Phi) is 4.05. The summed E-state index contributed by atoms with van der Waals surface area (Å²) in [6, 6.07) is 6.42. The van der Waals surface area contributed by atoms with E-state index in [2.05, 4.69) is 12.2 Å². The van der Waals surface area contributed by atoms with Crippen molar-refractivity contribution < 1.29 is 9.47 Å². The van der Waals surface area contributed by atoms with Crippen LogP contribution in [0.15, 0.2) is 18.2 Å². The van der Waals surface area contributed by atoms with Crippen molar-refractivity contribution in [2.75, 3.05) is 31.0 Å². The Morgan fingerprint density at radius 2 is 2.06 bits per heavy atom. The lowest BCUT2D eigenvalue weighted by Crippen LogP contribution is -2.25. The largest absolute Gasteiger partial charge is 0.497 e. The van der Waals surface area contributed by atoms with E-state index in [1.54, 1.807) is 14.2 Å². The topological polar surface area (TPSA) is 30.5 Å². The SMILES string of the molecule is COc1ccc(NC2CSCC2C)c(OC)c1. The van der Waals surface area contributed by atoms with Gasteiger partial charge in [0.1, 0.15) is 11.5 Å². The molecule has 3 nitrogen and oxygen atoms in total. The van der Waals surface area contributed by atoms with E-state index in [-0.39, 0.29) is 0 Å². The zero-order valence-corrected chi connectivity index (χ0v) is 11.3. The molecule has 4 heteroatoms. The molecule has 1 aromatic rings. The number of benzene rings is 1. The van der Waals surface area contributed by atoms with E-state index in [9.17, 15) is 0 Å². The quantitative estimate of drug-likeness (QED) is 0.894. The minimum absolute atomic E-state index is 0.530. The van der Waals surface area contributed by atoms with Crippen molar-refractivity contribution in [2.45, 2.75) is 13.0 Å². The average molecular weight is 253 g/mol. The molecule has 2 rings (SSSR count). The van der Waals surface area contributed by atoms with E-state index in [1.807, 2.05) is 30.0 Å². The van der Waals surface area contributed by atoms with Crippen molar-refractivity contribution in [1.82, 2.24) is 0 Å². The summed E-state index contributed by atoms with van der Waals surface area (Å²) in [4.78, 5) is 0. The van der Waals surface area contributed by atoms with Crippen molar-refractivity contribution in [3.63, 3.8) is 0 Å². The maximum atomic E-state index is 5.38. The van der Waals surface area contributed by atoms with E-state index in [0.717, 1.165) is 22.9 Å². The number of anilines is 1. The number of ether oxygens (including phenoxy) is 2. The lowest BCUT2D eigenvalue weighted by atomic mass is 10.1. The Hall–Kier alpha value is -1.03. The fraction of sp³-hybridized carbons (Fsp3) is 0.538. The van der Waals surface area contributed by atoms with Crippen LogP contribution < -0.4 is 14.8 Å². The van der Waals surface area contributed by atoms with Crippen LogP contribution in [-0.4, -0.2) is 31.8 Å². The van der Waals surface area contributed by atoms with Crippen LogP contribution in [0.4, 0.5) is 5.69 Å². The summed E-state index contributed by atoms with van der Waals surface area (Å²) in [5.74, 6) is 4.76. The first-order valence-corrected chi connectivity index (χ1v) is 6.96. The van der Waals surface area contributed by atoms with Crippen LogP contribution in [0.3, 0.4) is 0 Å². The van der Waals surface area contributed by atoms with Crippen molar-refractivity contribution in [3.05, 3.63) is 18.2 Å². The normalized spacial score (nSPS) is 23.5. The third kappa shape index (κ3) is 2.80. The van der Waals surface area contributed by atoms with Gasteiger partial charge in [-0.2, -0.15) is 11.8 Å². The molecule has 2 atom stereocenters. The van der Waals surface area contributed by atoms with E-state index in [0.29, 0.717) is 12.0 Å². The van der Waals surface area contributed by atoms with Gasteiger partial charge in [0, 0.05) is 17.9 Å². The first-order chi connectivity index (χ1) is 8.24. The van der Waals surface area contributed by atoms with Gasteiger partial charge in [-0.25, -0.2) is 0 Å². The Bertz CT molecular complexity index is 384. The van der Waals surface area contributed by atoms with E-state index < -0.39 is 0 Å². The lowest BCUT2D eigenvalue weighted by Gasteiger charge is -2.20. The number of hydrogen-bond acceptors (Lipinski definition) is 4. The van der Waals surface area contributed by atoms with Crippen LogP contribution in [-0.2, 0) is 0 Å². The van der Waals surface area contributed by atoms with Crippen LogP contribution in [0.2, 0.25) is 0 Å². The number of rotatable bonds is 4. The van der Waals surface area contributed by atoms with Gasteiger partial charge < -0.3 is 14.8 Å². The van der Waals surface area contributed by atoms with Crippen molar-refractivity contribution in [2.24, 2.45) is 5.92 Å². The second-order valence-electron chi connectivity index (χ2n) is 4.33. The summed E-state index contributed by atoms with van der Waals surface area (Å²) in [6.45, 7) is 2.29. The van der Waals surface area contributed by atoms with Crippen molar-refractivity contribution in [1.29, 1.82) is 0 Å². The number of hydrogen-bond donors (Lipinski definition) is 1. The molecule has 1 saturated heterocycles. The zero-order chi connectivity index (χ0) is 12.3. The van der Waals surface area contributed by atoms with Crippen LogP contribution >= 0.6 is 11.8 Å². The van der Waals surface area contributed by atoms with Crippen LogP contribution in [0.5, 0.6) is 11.5 Å². The summed E-state index contributed by atoms with van der Waals surface area (Å²) < 4.78 is 10.6. The lowest BCUT2D eigenvalue weighted by molar-refractivity contribution is 0.395. The molecule has 1 aromatic carbocycles. The fourth-order valence-electron chi connectivity index (χ4n) is 1.96. The van der Waals surface area contributed by atoms with Crippen LogP contribution in [0.1, 0.15) is 6.92 Å². The third-order valence-electron chi connectivity index (χ3n) is 3.11. The molecule has 94 valence electrons. The van der Waals surface area contributed by atoms with Gasteiger partial charge in [-0.1, -0.05) is 6.92 Å². The first-order valence-electron chi connectivity index (χ1n) is 5.81. The minimum Gasteiger partial charge on any atom is -0.497 e. The van der Waals surface area contributed by atoms with Gasteiger partial charge in [0.15, 0.2) is 0 Å². The Morgan fingerprint density at radius 3 is 2.65 bits per heavy atom. The van der Waals surface area contributed by atoms with E-state index in [1.165, 1.54) is 5.75 Å². The molecule has 17 heavy (non-hydrogen) atoms. The van der Waals surface area contributed by atoms with Crippen LogP contribution in [0.25, 0.3) is 0 Å². The van der Waals surface area contributed by atoms with Gasteiger partial charge in [0.25, 0.3) is 0 Å². The molecule has 1 aliphatic rings. The maximum absolute atomic E-state index is 5.38. The summed E-state index contributed by atoms with van der Waals surface area (Å²) >= 11 is 2.00. The summed E-state index contributed by atoms with van der Waals surface area (Å²) in [5.41, 5.74) is 1.05. The number of methoxy groups -OCH3 is 2. The predicted molar refractivity (Wildman–Crippen MR) is 73.4 cm³/mol. The molecule has 1 heterocycles. The Balaban J connectivity index is 2.14. The molecule has 0 amide bonds. The first kappa shape index (κ1) is 12.4. The van der Waals surface area contributed by atoms with E-state index >= 15 is 0 Å². The molecule has 0 saturated carbocycles. The molecule has 0 radical (unpaired) electrons. The highest BCUT2D eigenvalue weighted by atomic mass is 32.2. The van der Waals surface area contributed by atoms with Crippen molar-refractivity contribution >= 4 is 17.4 Å². The Morgan fingerprint density at radius 1 is 1.24 bits per heavy atom. The molecule has 1 fully saturated rings. The standard InChI is InChI=1S/C13H19NO2S/c1-9-7-17-8-12(9)14-11-5-4-10(15-2)6-13(11)16-3/h4-6,9,12,14H,7-8H2,1-3H3. The highest BCUT2D eigenvalue weighted by molar-refractivity contribution is 7.99. The number of thioether (sulfide) groups is 1. The van der Waals surface area contributed by atoms with Crippen molar-refractivity contribution in [3.8, 4) is 11.5 Å². The van der Waals surface area contributed by atoms with Crippen LogP contribution in [0, 0.1) is 5.92 Å². The maximum Gasteiger partial charge on any atom is 0.145 e. The third-order valence-corrected chi connectivity index (χ3v) is 4.47. The second-order valence-corrected chi connectivity index (χ2v) is 5.41. The molecule has 0 aliphatic carbocycles. The van der Waals surface area contributed by atoms with Gasteiger partial charge in [-0.05, 0) is 23.8 Å². The summed E-state index contributed by atoms with van der Waals surface area (Å²) in [7, 11) is 3.35. The van der Waals surface area contributed by atoms with Gasteiger partial charge in [0.2, 0.25) is 0 Å². The molecule has 0 spiro atoms. The van der Waals surface area contributed by atoms with Gasteiger partial charge >= 0.3 is 0 Å². The summed E-state index contributed by atoms with van der Waals surface area (Å²) in [5, 5.41) is 3.56. The molecule has 0 bridgehead atoms.